The van der Waals surface area contributed by atoms with E-state index in [1.165, 1.54) is 5.56 Å². The fourth-order valence-electron chi connectivity index (χ4n) is 2.73. The Morgan fingerprint density at radius 2 is 1.89 bits per heavy atom. The molecule has 0 heterocycles. The fraction of sp³-hybridized carbons (Fsp3) is 0.500. The van der Waals surface area contributed by atoms with Gasteiger partial charge in [0.25, 0.3) is 0 Å². The van der Waals surface area contributed by atoms with Crippen molar-refractivity contribution in [1.82, 2.24) is 0 Å². The van der Waals surface area contributed by atoms with Crippen LogP contribution in [0.25, 0.3) is 0 Å². The van der Waals surface area contributed by atoms with E-state index in [0.29, 0.717) is 18.6 Å². The lowest BCUT2D eigenvalue weighted by atomic mass is 9.73. The molecule has 1 atom stereocenters. The molecule has 1 unspecified atom stereocenters. The second-order valence-corrected chi connectivity index (χ2v) is 5.30. The van der Waals surface area contributed by atoms with Crippen LogP contribution >= 0.6 is 0 Å². The normalized spacial score (nSPS) is 24.9. The first-order chi connectivity index (χ1) is 8.74. The van der Waals surface area contributed by atoms with Crippen molar-refractivity contribution in [3.63, 3.8) is 0 Å². The number of rotatable bonds is 2. The van der Waals surface area contributed by atoms with Crippen LogP contribution in [-0.2, 0) is 11.2 Å². The van der Waals surface area contributed by atoms with Crippen molar-refractivity contribution < 1.29 is 4.79 Å². The Morgan fingerprint density at radius 3 is 2.61 bits per heavy atom. The molecule has 1 fully saturated rings. The summed E-state index contributed by atoms with van der Waals surface area (Å²) in [7, 11) is 0. The molecule has 2 heteroatoms. The highest BCUT2D eigenvalue weighted by Gasteiger charge is 2.31. The first-order valence-corrected chi connectivity index (χ1v) is 6.71. The largest absolute Gasteiger partial charge is 0.300 e. The topological polar surface area (TPSA) is 40.9 Å². The molecule has 0 saturated heterocycles. The van der Waals surface area contributed by atoms with E-state index in [1.807, 2.05) is 18.2 Å². The molecule has 0 aliphatic heterocycles. The number of benzene rings is 1. The standard InChI is InChI=1S/C16H19NO/c17-13-16(12-14-6-2-1-3-7-14)10-5-4-8-15(18)9-11-16/h1-3,6-7H,4-5,8-12H2. The average Bonchev–Trinajstić information content (AvgIpc) is 2.40. The van der Waals surface area contributed by atoms with Crippen molar-refractivity contribution in [2.24, 2.45) is 5.41 Å². The van der Waals surface area contributed by atoms with Gasteiger partial charge in [0.2, 0.25) is 0 Å². The summed E-state index contributed by atoms with van der Waals surface area (Å²) in [6.07, 6.45) is 5.62. The van der Waals surface area contributed by atoms with Crippen LogP contribution in [0.5, 0.6) is 0 Å². The minimum absolute atomic E-state index is 0.322. The van der Waals surface area contributed by atoms with Crippen LogP contribution in [0.3, 0.4) is 0 Å². The Kier molecular flexibility index (Phi) is 4.15. The number of Topliss-reactive ketones (excluding diaryl/α,β-unsaturated/α-hetero) is 1. The quantitative estimate of drug-likeness (QED) is 0.792. The van der Waals surface area contributed by atoms with Crippen LogP contribution in [-0.4, -0.2) is 5.78 Å². The molecule has 2 nitrogen and oxygen atoms in total. The zero-order valence-electron chi connectivity index (χ0n) is 10.7. The van der Waals surface area contributed by atoms with Crippen LogP contribution in [0, 0.1) is 16.7 Å². The SMILES string of the molecule is N#CC1(Cc2ccccc2)CCCCC(=O)CC1. The van der Waals surface area contributed by atoms with Crippen molar-refractivity contribution in [2.75, 3.05) is 0 Å². The Morgan fingerprint density at radius 1 is 1.11 bits per heavy atom. The molecular formula is C16H19NO. The lowest BCUT2D eigenvalue weighted by Gasteiger charge is -2.28. The van der Waals surface area contributed by atoms with Gasteiger partial charge >= 0.3 is 0 Å². The van der Waals surface area contributed by atoms with Crippen molar-refractivity contribution in [1.29, 1.82) is 5.26 Å². The maximum atomic E-state index is 11.6. The van der Waals surface area contributed by atoms with Crippen LogP contribution in [0.4, 0.5) is 0 Å². The van der Waals surface area contributed by atoms with Gasteiger partial charge < -0.3 is 0 Å². The molecule has 2 rings (SSSR count). The zero-order valence-corrected chi connectivity index (χ0v) is 10.7. The minimum Gasteiger partial charge on any atom is -0.300 e. The van der Waals surface area contributed by atoms with E-state index in [-0.39, 0.29) is 5.41 Å². The molecular weight excluding hydrogens is 222 g/mol. The van der Waals surface area contributed by atoms with Gasteiger partial charge in [-0.1, -0.05) is 36.8 Å². The number of nitriles is 1. The number of carbonyl (C=O) groups is 1. The van der Waals surface area contributed by atoms with Crippen molar-refractivity contribution >= 4 is 5.78 Å². The second kappa shape index (κ2) is 5.82. The number of hydrogen-bond donors (Lipinski definition) is 0. The molecule has 0 amide bonds. The summed E-state index contributed by atoms with van der Waals surface area (Å²) in [6.45, 7) is 0. The Balaban J connectivity index is 2.13. The number of nitrogens with zero attached hydrogens (tertiary/aromatic N) is 1. The maximum absolute atomic E-state index is 11.6. The van der Waals surface area contributed by atoms with Gasteiger partial charge in [-0.2, -0.15) is 5.26 Å². The predicted molar refractivity (Wildman–Crippen MR) is 70.9 cm³/mol. The average molecular weight is 241 g/mol. The summed E-state index contributed by atoms with van der Waals surface area (Å²) in [5, 5.41) is 9.54. The molecule has 94 valence electrons. The first-order valence-electron chi connectivity index (χ1n) is 6.71. The third-order valence-electron chi connectivity index (χ3n) is 3.87. The summed E-state index contributed by atoms with van der Waals surface area (Å²) in [5.74, 6) is 0.322. The highest BCUT2D eigenvalue weighted by molar-refractivity contribution is 5.78. The molecule has 18 heavy (non-hydrogen) atoms. The molecule has 1 aliphatic rings. The Bertz CT molecular complexity index is 446. The smallest absolute Gasteiger partial charge is 0.132 e. The van der Waals surface area contributed by atoms with Crippen molar-refractivity contribution in [2.45, 2.75) is 44.9 Å². The van der Waals surface area contributed by atoms with E-state index in [4.69, 9.17) is 0 Å². The molecule has 1 aromatic carbocycles. The Labute approximate surface area is 109 Å². The molecule has 1 aromatic rings. The van der Waals surface area contributed by atoms with Gasteiger partial charge in [-0.3, -0.25) is 4.79 Å². The fourth-order valence-corrected chi connectivity index (χ4v) is 2.73. The van der Waals surface area contributed by atoms with Gasteiger partial charge in [-0.25, -0.2) is 0 Å². The zero-order chi connectivity index (χ0) is 12.8. The van der Waals surface area contributed by atoms with Gasteiger partial charge in [0.1, 0.15) is 5.78 Å². The Hall–Kier alpha value is -1.62. The minimum atomic E-state index is -0.336. The van der Waals surface area contributed by atoms with E-state index in [9.17, 15) is 10.1 Å². The lowest BCUT2D eigenvalue weighted by molar-refractivity contribution is -0.120. The third-order valence-corrected chi connectivity index (χ3v) is 3.87. The second-order valence-electron chi connectivity index (χ2n) is 5.30. The summed E-state index contributed by atoms with van der Waals surface area (Å²) in [6, 6.07) is 12.6. The van der Waals surface area contributed by atoms with Crippen molar-refractivity contribution in [3.8, 4) is 6.07 Å². The maximum Gasteiger partial charge on any atom is 0.132 e. The van der Waals surface area contributed by atoms with Gasteiger partial charge in [0.05, 0.1) is 11.5 Å². The molecule has 0 aromatic heterocycles. The van der Waals surface area contributed by atoms with E-state index < -0.39 is 0 Å². The number of hydrogen-bond acceptors (Lipinski definition) is 2. The molecule has 1 aliphatic carbocycles. The van der Waals surface area contributed by atoms with Gasteiger partial charge in [-0.05, 0) is 31.2 Å². The lowest BCUT2D eigenvalue weighted by Crippen LogP contribution is -2.25. The highest BCUT2D eigenvalue weighted by Crippen LogP contribution is 2.36. The van der Waals surface area contributed by atoms with E-state index in [0.717, 1.165) is 32.1 Å². The van der Waals surface area contributed by atoms with Crippen molar-refractivity contribution in [3.05, 3.63) is 35.9 Å². The van der Waals surface area contributed by atoms with Gasteiger partial charge in [0, 0.05) is 12.8 Å². The summed E-state index contributed by atoms with van der Waals surface area (Å²) < 4.78 is 0. The van der Waals surface area contributed by atoms with E-state index in [1.54, 1.807) is 0 Å². The summed E-state index contributed by atoms with van der Waals surface area (Å²) in [4.78, 5) is 11.6. The van der Waals surface area contributed by atoms with E-state index >= 15 is 0 Å². The van der Waals surface area contributed by atoms with Crippen LogP contribution in [0.1, 0.15) is 44.1 Å². The van der Waals surface area contributed by atoms with Crippen LogP contribution < -0.4 is 0 Å². The van der Waals surface area contributed by atoms with Crippen LogP contribution in [0.15, 0.2) is 30.3 Å². The number of carbonyl (C=O) groups excluding carboxylic acids is 1. The highest BCUT2D eigenvalue weighted by atomic mass is 16.1. The van der Waals surface area contributed by atoms with Crippen LogP contribution in [0.2, 0.25) is 0 Å². The molecule has 0 radical (unpaired) electrons. The monoisotopic (exact) mass is 241 g/mol. The van der Waals surface area contributed by atoms with E-state index in [2.05, 4.69) is 18.2 Å². The van der Waals surface area contributed by atoms with Gasteiger partial charge in [0.15, 0.2) is 0 Å². The predicted octanol–water partition coefficient (Wildman–Crippen LogP) is 3.66. The summed E-state index contributed by atoms with van der Waals surface area (Å²) >= 11 is 0. The molecule has 0 bridgehead atoms. The third kappa shape index (κ3) is 3.20. The molecule has 1 saturated carbocycles. The number of ketones is 1. The molecule has 0 spiro atoms. The molecule has 0 N–H and O–H groups in total. The van der Waals surface area contributed by atoms with Gasteiger partial charge in [-0.15, -0.1) is 0 Å². The summed E-state index contributed by atoms with van der Waals surface area (Å²) in [5.41, 5.74) is 0.865. The first kappa shape index (κ1) is 12.8.